The Hall–Kier alpha value is -2.18. The smallest absolute Gasteiger partial charge is 0.341 e. The summed E-state index contributed by atoms with van der Waals surface area (Å²) in [6, 6.07) is 11.8. The molecule has 2 N–H and O–H groups in total. The highest BCUT2D eigenvalue weighted by Crippen LogP contribution is 2.45. The average molecular weight is 344 g/mol. The molecule has 1 fully saturated rings. The molecule has 24 heavy (non-hydrogen) atoms. The SMILES string of the molecule is CCOC(=O)c1ccsc1NC(=O)CNC1(c2ccccc2)CC1. The number of rotatable bonds is 7. The van der Waals surface area contributed by atoms with Crippen molar-refractivity contribution in [3.05, 3.63) is 52.9 Å². The Bertz CT molecular complexity index is 723. The fourth-order valence-electron chi connectivity index (χ4n) is 2.65. The standard InChI is InChI=1S/C18H20N2O3S/c1-2-23-17(22)14-8-11-24-16(14)20-15(21)12-19-18(9-10-18)13-6-4-3-5-7-13/h3-8,11,19H,2,9-10,12H2,1H3,(H,20,21). The third-order valence-electron chi connectivity index (χ3n) is 4.08. The van der Waals surface area contributed by atoms with Gasteiger partial charge in [-0.1, -0.05) is 30.3 Å². The lowest BCUT2D eigenvalue weighted by Crippen LogP contribution is -2.36. The van der Waals surface area contributed by atoms with Crippen molar-refractivity contribution in [1.82, 2.24) is 5.32 Å². The van der Waals surface area contributed by atoms with E-state index < -0.39 is 5.97 Å². The largest absolute Gasteiger partial charge is 0.462 e. The van der Waals surface area contributed by atoms with Crippen LogP contribution in [0.3, 0.4) is 0 Å². The molecule has 1 aromatic heterocycles. The van der Waals surface area contributed by atoms with Gasteiger partial charge < -0.3 is 10.1 Å². The summed E-state index contributed by atoms with van der Waals surface area (Å²) in [7, 11) is 0. The van der Waals surface area contributed by atoms with Crippen LogP contribution in [-0.2, 0) is 15.1 Å². The maximum absolute atomic E-state index is 12.2. The Kier molecular flexibility index (Phi) is 4.97. The van der Waals surface area contributed by atoms with Crippen LogP contribution < -0.4 is 10.6 Å². The van der Waals surface area contributed by atoms with E-state index in [0.29, 0.717) is 17.2 Å². The van der Waals surface area contributed by atoms with Gasteiger partial charge in [-0.15, -0.1) is 11.3 Å². The number of carbonyl (C=O) groups excluding carboxylic acids is 2. The first-order valence-corrected chi connectivity index (χ1v) is 8.87. The number of hydrogen-bond donors (Lipinski definition) is 2. The third kappa shape index (κ3) is 3.66. The molecule has 0 aliphatic heterocycles. The van der Waals surface area contributed by atoms with E-state index in [2.05, 4.69) is 22.8 Å². The zero-order chi connectivity index (χ0) is 17.0. The Morgan fingerprint density at radius 2 is 1.96 bits per heavy atom. The number of nitrogens with one attached hydrogen (secondary N) is 2. The van der Waals surface area contributed by atoms with Gasteiger partial charge in [0.15, 0.2) is 0 Å². The zero-order valence-corrected chi connectivity index (χ0v) is 14.3. The average Bonchev–Trinajstić information content (AvgIpc) is 3.26. The van der Waals surface area contributed by atoms with Crippen molar-refractivity contribution in [3.63, 3.8) is 0 Å². The van der Waals surface area contributed by atoms with E-state index in [9.17, 15) is 9.59 Å². The topological polar surface area (TPSA) is 67.4 Å². The van der Waals surface area contributed by atoms with Crippen molar-refractivity contribution in [2.45, 2.75) is 25.3 Å². The molecule has 5 nitrogen and oxygen atoms in total. The monoisotopic (exact) mass is 344 g/mol. The van der Waals surface area contributed by atoms with E-state index in [4.69, 9.17) is 4.74 Å². The summed E-state index contributed by atoms with van der Waals surface area (Å²) in [4.78, 5) is 24.1. The van der Waals surface area contributed by atoms with Crippen LogP contribution in [0.25, 0.3) is 0 Å². The molecule has 1 heterocycles. The van der Waals surface area contributed by atoms with Gasteiger partial charge in [-0.25, -0.2) is 4.79 Å². The highest BCUT2D eigenvalue weighted by molar-refractivity contribution is 7.14. The molecule has 126 valence electrons. The fourth-order valence-corrected chi connectivity index (χ4v) is 3.44. The molecule has 1 amide bonds. The van der Waals surface area contributed by atoms with Gasteiger partial charge in [0.05, 0.1) is 18.7 Å². The Balaban J connectivity index is 1.58. The molecular weight excluding hydrogens is 324 g/mol. The second-order valence-electron chi connectivity index (χ2n) is 5.73. The molecule has 0 atom stereocenters. The summed E-state index contributed by atoms with van der Waals surface area (Å²) in [6.45, 7) is 2.27. The van der Waals surface area contributed by atoms with E-state index in [-0.39, 0.29) is 18.0 Å². The molecule has 0 spiro atoms. The summed E-state index contributed by atoms with van der Waals surface area (Å²) in [6.07, 6.45) is 2.05. The molecule has 0 bridgehead atoms. The molecule has 1 saturated carbocycles. The second kappa shape index (κ2) is 7.15. The molecule has 6 heteroatoms. The maximum Gasteiger partial charge on any atom is 0.341 e. The number of thiophene rings is 1. The van der Waals surface area contributed by atoms with E-state index >= 15 is 0 Å². The minimum absolute atomic E-state index is 0.0853. The summed E-state index contributed by atoms with van der Waals surface area (Å²) in [5.41, 5.74) is 1.53. The second-order valence-corrected chi connectivity index (χ2v) is 6.65. The normalized spacial score (nSPS) is 14.9. The Morgan fingerprint density at radius 1 is 1.21 bits per heavy atom. The van der Waals surface area contributed by atoms with Crippen molar-refractivity contribution >= 4 is 28.2 Å². The van der Waals surface area contributed by atoms with Crippen molar-refractivity contribution < 1.29 is 14.3 Å². The van der Waals surface area contributed by atoms with Gasteiger partial charge in [-0.05, 0) is 36.8 Å². The van der Waals surface area contributed by atoms with Crippen LogP contribution in [0.5, 0.6) is 0 Å². The molecule has 2 aromatic rings. The lowest BCUT2D eigenvalue weighted by molar-refractivity contribution is -0.115. The first-order chi connectivity index (χ1) is 11.6. The van der Waals surface area contributed by atoms with Gasteiger partial charge >= 0.3 is 5.97 Å². The molecule has 0 radical (unpaired) electrons. The lowest BCUT2D eigenvalue weighted by atomic mass is 10.1. The van der Waals surface area contributed by atoms with Gasteiger partial charge in [0.1, 0.15) is 5.00 Å². The summed E-state index contributed by atoms with van der Waals surface area (Å²) < 4.78 is 4.99. The van der Waals surface area contributed by atoms with Crippen LogP contribution in [0.15, 0.2) is 41.8 Å². The van der Waals surface area contributed by atoms with E-state index in [1.807, 2.05) is 18.2 Å². The van der Waals surface area contributed by atoms with Crippen molar-refractivity contribution in [3.8, 4) is 0 Å². The van der Waals surface area contributed by atoms with Gasteiger partial charge in [0.25, 0.3) is 0 Å². The number of benzene rings is 1. The molecule has 0 saturated heterocycles. The number of ether oxygens (including phenoxy) is 1. The first-order valence-electron chi connectivity index (χ1n) is 7.99. The first kappa shape index (κ1) is 16.7. The number of hydrogen-bond acceptors (Lipinski definition) is 5. The number of esters is 1. The minimum atomic E-state index is -0.412. The number of amides is 1. The Labute approximate surface area is 145 Å². The van der Waals surface area contributed by atoms with Crippen LogP contribution in [0.1, 0.15) is 35.7 Å². The quantitative estimate of drug-likeness (QED) is 0.757. The maximum atomic E-state index is 12.2. The van der Waals surface area contributed by atoms with Crippen LogP contribution in [-0.4, -0.2) is 25.0 Å². The molecule has 1 aliphatic carbocycles. The van der Waals surface area contributed by atoms with Gasteiger partial charge in [0.2, 0.25) is 5.91 Å². The lowest BCUT2D eigenvalue weighted by Gasteiger charge is -2.17. The minimum Gasteiger partial charge on any atom is -0.462 e. The van der Waals surface area contributed by atoms with E-state index in [0.717, 1.165) is 12.8 Å². The van der Waals surface area contributed by atoms with Crippen LogP contribution in [0.2, 0.25) is 0 Å². The van der Waals surface area contributed by atoms with Crippen LogP contribution in [0.4, 0.5) is 5.00 Å². The van der Waals surface area contributed by atoms with Crippen molar-refractivity contribution in [2.24, 2.45) is 0 Å². The van der Waals surface area contributed by atoms with Crippen molar-refractivity contribution in [2.75, 3.05) is 18.5 Å². The fraction of sp³-hybridized carbons (Fsp3) is 0.333. The van der Waals surface area contributed by atoms with E-state index in [1.54, 1.807) is 18.4 Å². The van der Waals surface area contributed by atoms with Crippen LogP contribution >= 0.6 is 11.3 Å². The molecule has 3 rings (SSSR count). The van der Waals surface area contributed by atoms with Crippen molar-refractivity contribution in [1.29, 1.82) is 0 Å². The van der Waals surface area contributed by atoms with Gasteiger partial charge in [0, 0.05) is 5.54 Å². The summed E-state index contributed by atoms with van der Waals surface area (Å²) in [5, 5.41) is 8.44. The molecule has 1 aromatic carbocycles. The van der Waals surface area contributed by atoms with Gasteiger partial charge in [-0.2, -0.15) is 0 Å². The predicted octanol–water partition coefficient (Wildman–Crippen LogP) is 3.14. The van der Waals surface area contributed by atoms with E-state index in [1.165, 1.54) is 16.9 Å². The zero-order valence-electron chi connectivity index (χ0n) is 13.5. The predicted molar refractivity (Wildman–Crippen MR) is 94.3 cm³/mol. The third-order valence-corrected chi connectivity index (χ3v) is 4.91. The molecule has 1 aliphatic rings. The molecule has 0 unspecified atom stereocenters. The van der Waals surface area contributed by atoms with Gasteiger partial charge in [-0.3, -0.25) is 10.1 Å². The summed E-state index contributed by atoms with van der Waals surface area (Å²) >= 11 is 1.32. The number of carbonyl (C=O) groups is 2. The number of anilines is 1. The summed E-state index contributed by atoms with van der Waals surface area (Å²) in [5.74, 6) is -0.574. The van der Waals surface area contributed by atoms with Crippen LogP contribution in [0, 0.1) is 0 Å². The highest BCUT2D eigenvalue weighted by atomic mass is 32.1. The highest BCUT2D eigenvalue weighted by Gasteiger charge is 2.43. The molecular formula is C18H20N2O3S. The Morgan fingerprint density at radius 3 is 2.62 bits per heavy atom.